The summed E-state index contributed by atoms with van der Waals surface area (Å²) in [6.07, 6.45) is 4.26. The second kappa shape index (κ2) is 7.16. The van der Waals surface area contributed by atoms with E-state index >= 15 is 0 Å². The molecule has 1 aromatic heterocycles. The van der Waals surface area contributed by atoms with Crippen molar-refractivity contribution in [2.45, 2.75) is 53.4 Å². The smallest absolute Gasteiger partial charge is 0.240 e. The Morgan fingerprint density at radius 3 is 2.20 bits per heavy atom. The number of aromatic nitrogens is 1. The van der Waals surface area contributed by atoms with Gasteiger partial charge in [0.1, 0.15) is 0 Å². The Balaban J connectivity index is 1.47. The summed E-state index contributed by atoms with van der Waals surface area (Å²) in [5, 5.41) is 0.544. The number of anilines is 1. The van der Waals surface area contributed by atoms with Crippen LogP contribution in [0.5, 0.6) is 0 Å². The Kier molecular flexibility index (Phi) is 4.69. The Morgan fingerprint density at radius 2 is 1.67 bits per heavy atom. The third kappa shape index (κ3) is 2.74. The number of rotatable bonds is 4. The van der Waals surface area contributed by atoms with Crippen LogP contribution in [0.1, 0.15) is 50.5 Å². The lowest BCUT2D eigenvalue weighted by Crippen LogP contribution is -2.33. The highest BCUT2D eigenvalue weighted by Gasteiger charge is 2.64. The van der Waals surface area contributed by atoms with Crippen molar-refractivity contribution in [3.05, 3.63) is 45.9 Å². The summed E-state index contributed by atoms with van der Waals surface area (Å²) in [4.78, 5) is 34.0. The van der Waals surface area contributed by atoms with Gasteiger partial charge < -0.3 is 0 Å². The number of fused-ring (bicyclic) bond motifs is 5. The van der Waals surface area contributed by atoms with Gasteiger partial charge in [0.15, 0.2) is 5.13 Å². The van der Waals surface area contributed by atoms with Crippen LogP contribution in [-0.2, 0) is 16.0 Å². The maximum absolute atomic E-state index is 13.4. The van der Waals surface area contributed by atoms with Gasteiger partial charge in [-0.3, -0.25) is 9.59 Å². The van der Waals surface area contributed by atoms with Gasteiger partial charge >= 0.3 is 0 Å². The molecule has 1 aliphatic heterocycles. The molecule has 4 nitrogen and oxygen atoms in total. The number of nitrogens with zero attached hydrogens (tertiary/aromatic N) is 2. The van der Waals surface area contributed by atoms with E-state index in [4.69, 9.17) is 4.98 Å². The molecule has 1 saturated heterocycles. The van der Waals surface area contributed by atoms with Crippen LogP contribution < -0.4 is 4.90 Å². The number of aryl methyl sites for hydroxylation is 2. The van der Waals surface area contributed by atoms with Crippen LogP contribution in [0.15, 0.2) is 35.4 Å². The number of amides is 2. The number of allylic oxidation sites excluding steroid dienone is 2. The van der Waals surface area contributed by atoms with E-state index in [9.17, 15) is 9.59 Å². The SMILES string of the molecule is CCCc1ccc(-c2nc(N3C(=O)[C@@H]4[C@H](C3=O)[C@H]3CC[C@@H]4C3=C(C)C)sc2C)cc1. The molecule has 0 N–H and O–H groups in total. The van der Waals surface area contributed by atoms with Crippen molar-refractivity contribution in [2.24, 2.45) is 23.7 Å². The maximum Gasteiger partial charge on any atom is 0.240 e. The molecule has 2 saturated carbocycles. The highest BCUT2D eigenvalue weighted by molar-refractivity contribution is 7.16. The molecule has 2 heterocycles. The Labute approximate surface area is 182 Å². The minimum Gasteiger partial charge on any atom is -0.274 e. The molecular formula is C25H28N2O2S. The van der Waals surface area contributed by atoms with Gasteiger partial charge in [-0.1, -0.05) is 48.8 Å². The number of hydrogen-bond acceptors (Lipinski definition) is 4. The molecule has 5 heteroatoms. The van der Waals surface area contributed by atoms with E-state index in [-0.39, 0.29) is 35.5 Å². The van der Waals surface area contributed by atoms with Gasteiger partial charge in [0.25, 0.3) is 0 Å². The summed E-state index contributed by atoms with van der Waals surface area (Å²) < 4.78 is 0. The summed E-state index contributed by atoms with van der Waals surface area (Å²) >= 11 is 1.46. The molecule has 0 radical (unpaired) electrons. The van der Waals surface area contributed by atoms with E-state index in [0.29, 0.717) is 5.13 Å². The van der Waals surface area contributed by atoms with E-state index in [1.165, 1.54) is 32.9 Å². The van der Waals surface area contributed by atoms with Crippen molar-refractivity contribution in [1.29, 1.82) is 0 Å². The quantitative estimate of drug-likeness (QED) is 0.481. The molecule has 5 rings (SSSR count). The fourth-order valence-electron chi connectivity index (χ4n) is 6.04. The van der Waals surface area contributed by atoms with E-state index in [2.05, 4.69) is 45.0 Å². The second-order valence-electron chi connectivity index (χ2n) is 9.16. The Morgan fingerprint density at radius 1 is 1.07 bits per heavy atom. The van der Waals surface area contributed by atoms with Crippen LogP contribution in [0, 0.1) is 30.6 Å². The fraction of sp³-hybridized carbons (Fsp3) is 0.480. The predicted octanol–water partition coefficient (Wildman–Crippen LogP) is 5.55. The Bertz CT molecular complexity index is 1030. The van der Waals surface area contributed by atoms with Gasteiger partial charge in [0, 0.05) is 10.4 Å². The summed E-state index contributed by atoms with van der Waals surface area (Å²) in [7, 11) is 0. The molecule has 0 unspecified atom stereocenters. The number of carbonyl (C=O) groups excluding carboxylic acids is 2. The number of imide groups is 1. The minimum atomic E-state index is -0.179. The fourth-order valence-corrected chi connectivity index (χ4v) is 6.99. The molecule has 156 valence electrons. The third-order valence-corrected chi connectivity index (χ3v) is 8.13. The average Bonchev–Trinajstić information content (AvgIpc) is 3.44. The zero-order chi connectivity index (χ0) is 21.2. The molecule has 2 amide bonds. The normalized spacial score (nSPS) is 27.3. The number of hydrogen-bond donors (Lipinski definition) is 0. The Hall–Kier alpha value is -2.27. The van der Waals surface area contributed by atoms with Gasteiger partial charge in [-0.05, 0) is 57.4 Å². The van der Waals surface area contributed by atoms with Crippen LogP contribution in [0.25, 0.3) is 11.3 Å². The topological polar surface area (TPSA) is 50.3 Å². The van der Waals surface area contributed by atoms with Crippen LogP contribution in [-0.4, -0.2) is 16.8 Å². The van der Waals surface area contributed by atoms with Gasteiger partial charge in [-0.25, -0.2) is 9.88 Å². The molecular weight excluding hydrogens is 392 g/mol. The van der Waals surface area contributed by atoms with Crippen molar-refractivity contribution in [3.63, 3.8) is 0 Å². The summed E-state index contributed by atoms with van der Waals surface area (Å²) in [5.74, 6) is 0.0736. The highest BCUT2D eigenvalue weighted by atomic mass is 32.1. The molecule has 2 aliphatic carbocycles. The first-order valence-corrected chi connectivity index (χ1v) is 11.9. The molecule has 2 bridgehead atoms. The van der Waals surface area contributed by atoms with Crippen LogP contribution in [0.2, 0.25) is 0 Å². The van der Waals surface area contributed by atoms with Crippen LogP contribution in [0.3, 0.4) is 0 Å². The first kappa shape index (κ1) is 19.7. The van der Waals surface area contributed by atoms with Crippen LogP contribution >= 0.6 is 11.3 Å². The van der Waals surface area contributed by atoms with E-state index in [0.717, 1.165) is 41.8 Å². The molecule has 0 spiro atoms. The molecule has 1 aromatic carbocycles. The zero-order valence-electron chi connectivity index (χ0n) is 18.1. The number of benzene rings is 1. The zero-order valence-corrected chi connectivity index (χ0v) is 18.9. The van der Waals surface area contributed by atoms with E-state index in [1.54, 1.807) is 0 Å². The third-order valence-electron chi connectivity index (χ3n) is 7.17. The van der Waals surface area contributed by atoms with Crippen molar-refractivity contribution >= 4 is 28.3 Å². The van der Waals surface area contributed by atoms with Crippen molar-refractivity contribution in [3.8, 4) is 11.3 Å². The van der Waals surface area contributed by atoms with Crippen molar-refractivity contribution < 1.29 is 9.59 Å². The lowest BCUT2D eigenvalue weighted by Gasteiger charge is -2.18. The monoisotopic (exact) mass is 420 g/mol. The predicted molar refractivity (Wildman–Crippen MR) is 120 cm³/mol. The molecule has 3 fully saturated rings. The largest absolute Gasteiger partial charge is 0.274 e. The second-order valence-corrected chi connectivity index (χ2v) is 10.3. The standard InChI is InChI=1S/C25H28N2O2S/c1-5-6-15-7-9-16(10-8-15)22-14(4)30-25(26-22)27-23(28)20-17-11-12-18(19(17)13(2)3)21(20)24(27)29/h7-10,17-18,20-21H,5-6,11-12H2,1-4H3/t17-,18+,20+,21-. The summed E-state index contributed by atoms with van der Waals surface area (Å²) in [5.41, 5.74) is 5.92. The van der Waals surface area contributed by atoms with E-state index in [1.807, 2.05) is 6.92 Å². The maximum atomic E-state index is 13.4. The number of thiazole rings is 1. The van der Waals surface area contributed by atoms with Gasteiger partial charge in [0.2, 0.25) is 11.8 Å². The lowest BCUT2D eigenvalue weighted by molar-refractivity contribution is -0.123. The first-order chi connectivity index (χ1) is 14.4. The molecule has 30 heavy (non-hydrogen) atoms. The summed E-state index contributed by atoms with van der Waals surface area (Å²) in [6, 6.07) is 8.49. The van der Waals surface area contributed by atoms with Crippen molar-refractivity contribution in [2.75, 3.05) is 4.90 Å². The first-order valence-electron chi connectivity index (χ1n) is 11.0. The highest BCUT2D eigenvalue weighted by Crippen LogP contribution is 2.60. The van der Waals surface area contributed by atoms with Gasteiger partial charge in [0.05, 0.1) is 17.5 Å². The molecule has 2 aromatic rings. The molecule has 3 aliphatic rings. The lowest BCUT2D eigenvalue weighted by atomic mass is 9.81. The minimum absolute atomic E-state index is 0.0328. The average molecular weight is 421 g/mol. The van der Waals surface area contributed by atoms with Crippen LogP contribution in [0.4, 0.5) is 5.13 Å². The molecule has 4 atom stereocenters. The van der Waals surface area contributed by atoms with Gasteiger partial charge in [-0.15, -0.1) is 11.3 Å². The van der Waals surface area contributed by atoms with Gasteiger partial charge in [-0.2, -0.15) is 0 Å². The number of carbonyl (C=O) groups is 2. The van der Waals surface area contributed by atoms with E-state index < -0.39 is 0 Å². The van der Waals surface area contributed by atoms with Crippen molar-refractivity contribution in [1.82, 2.24) is 4.98 Å². The summed E-state index contributed by atoms with van der Waals surface area (Å²) in [6.45, 7) is 8.44.